The molecule has 1 nitrogen and oxygen atoms in total. The predicted octanol–water partition coefficient (Wildman–Crippen LogP) is 4.53. The molecule has 1 aromatic carbocycles. The molecule has 0 amide bonds. The van der Waals surface area contributed by atoms with Crippen molar-refractivity contribution in [2.24, 2.45) is 0 Å². The van der Waals surface area contributed by atoms with Crippen LogP contribution in [0.4, 0.5) is 0 Å². The van der Waals surface area contributed by atoms with Gasteiger partial charge in [-0.1, -0.05) is 27.5 Å². The van der Waals surface area contributed by atoms with Gasteiger partial charge in [-0.3, -0.25) is 0 Å². The standard InChI is InChI=1S/C10H7BrClNS.Pd/c1-6-4-7(8(11)5-9(6)12)10-13-2-3-14-10;/h2-5H,1H3;. The molecule has 2 aromatic rings. The zero-order valence-electron chi connectivity index (χ0n) is 7.74. The molecule has 0 N–H and O–H groups in total. The van der Waals surface area contributed by atoms with Crippen molar-refractivity contribution in [3.05, 3.63) is 38.8 Å². The molecular formula is C10H7BrClNPdS. The Hall–Kier alpha value is 0.282. The minimum Gasteiger partial charge on any atom is -0.245 e. The van der Waals surface area contributed by atoms with Crippen LogP contribution in [0.2, 0.25) is 5.02 Å². The van der Waals surface area contributed by atoms with Crippen molar-refractivity contribution in [1.82, 2.24) is 4.98 Å². The molecule has 0 saturated carbocycles. The van der Waals surface area contributed by atoms with E-state index in [1.54, 1.807) is 17.5 Å². The van der Waals surface area contributed by atoms with Crippen LogP contribution in [-0.2, 0) is 20.4 Å². The van der Waals surface area contributed by atoms with Crippen LogP contribution in [0.15, 0.2) is 28.2 Å². The Labute approximate surface area is 120 Å². The Morgan fingerprint density at radius 1 is 1.40 bits per heavy atom. The summed E-state index contributed by atoms with van der Waals surface area (Å²) in [6.45, 7) is 1.99. The van der Waals surface area contributed by atoms with Gasteiger partial charge in [0, 0.05) is 47.1 Å². The number of halogens is 2. The number of benzene rings is 1. The van der Waals surface area contributed by atoms with Gasteiger partial charge in [-0.15, -0.1) is 11.3 Å². The van der Waals surface area contributed by atoms with E-state index >= 15 is 0 Å². The van der Waals surface area contributed by atoms with Gasteiger partial charge in [0.1, 0.15) is 5.01 Å². The molecular weight excluding hydrogens is 388 g/mol. The quantitative estimate of drug-likeness (QED) is 0.647. The van der Waals surface area contributed by atoms with Crippen LogP contribution in [0.3, 0.4) is 0 Å². The predicted molar refractivity (Wildman–Crippen MR) is 65.0 cm³/mol. The third-order valence-corrected chi connectivity index (χ3v) is 3.78. The SMILES string of the molecule is Cc1cc(-c2nccs2)c(Br)cc1Cl.[Pd]. The minimum atomic E-state index is 0. The second-order valence-corrected chi connectivity index (χ2v) is 5.07. The molecule has 82 valence electrons. The number of hydrogen-bond acceptors (Lipinski definition) is 2. The molecule has 1 aromatic heterocycles. The van der Waals surface area contributed by atoms with E-state index in [0.29, 0.717) is 0 Å². The third kappa shape index (κ3) is 2.89. The molecule has 15 heavy (non-hydrogen) atoms. The maximum absolute atomic E-state index is 6.00. The van der Waals surface area contributed by atoms with E-state index in [1.165, 1.54) is 0 Å². The Balaban J connectivity index is 0.00000112. The van der Waals surface area contributed by atoms with Crippen LogP contribution in [0.1, 0.15) is 5.56 Å². The first kappa shape index (κ1) is 13.3. The van der Waals surface area contributed by atoms with Crippen molar-refractivity contribution < 1.29 is 20.4 Å². The van der Waals surface area contributed by atoms with Crippen molar-refractivity contribution in [1.29, 1.82) is 0 Å². The fourth-order valence-corrected chi connectivity index (χ4v) is 2.80. The van der Waals surface area contributed by atoms with Crippen molar-refractivity contribution in [2.45, 2.75) is 6.92 Å². The number of thiazole rings is 1. The summed E-state index contributed by atoms with van der Waals surface area (Å²) in [7, 11) is 0. The first-order chi connectivity index (χ1) is 6.68. The van der Waals surface area contributed by atoms with Crippen LogP contribution in [0, 0.1) is 6.92 Å². The van der Waals surface area contributed by atoms with Gasteiger partial charge in [0.05, 0.1) is 0 Å². The summed E-state index contributed by atoms with van der Waals surface area (Å²) in [6.07, 6.45) is 1.80. The van der Waals surface area contributed by atoms with Crippen LogP contribution >= 0.6 is 38.9 Å². The summed E-state index contributed by atoms with van der Waals surface area (Å²) >= 11 is 11.1. The second-order valence-electron chi connectivity index (χ2n) is 2.92. The second kappa shape index (κ2) is 5.56. The maximum Gasteiger partial charge on any atom is 0.124 e. The monoisotopic (exact) mass is 393 g/mol. The molecule has 0 radical (unpaired) electrons. The van der Waals surface area contributed by atoms with E-state index in [1.807, 2.05) is 24.4 Å². The summed E-state index contributed by atoms with van der Waals surface area (Å²) in [4.78, 5) is 4.26. The Bertz CT molecular complexity index is 459. The number of aromatic nitrogens is 1. The molecule has 0 aliphatic heterocycles. The Kier molecular flexibility index (Phi) is 4.95. The van der Waals surface area contributed by atoms with E-state index in [4.69, 9.17) is 11.6 Å². The van der Waals surface area contributed by atoms with Crippen molar-refractivity contribution >= 4 is 38.9 Å². The number of aryl methyl sites for hydroxylation is 1. The van der Waals surface area contributed by atoms with Gasteiger partial charge in [0.15, 0.2) is 0 Å². The topological polar surface area (TPSA) is 12.9 Å². The summed E-state index contributed by atoms with van der Waals surface area (Å²) in [6, 6.07) is 3.96. The van der Waals surface area contributed by atoms with Gasteiger partial charge in [0.25, 0.3) is 0 Å². The molecule has 1 heterocycles. The van der Waals surface area contributed by atoms with E-state index in [9.17, 15) is 0 Å². The van der Waals surface area contributed by atoms with Gasteiger partial charge in [0.2, 0.25) is 0 Å². The third-order valence-electron chi connectivity index (χ3n) is 1.91. The van der Waals surface area contributed by atoms with Crippen LogP contribution in [0.25, 0.3) is 10.6 Å². The average molecular weight is 395 g/mol. The zero-order chi connectivity index (χ0) is 10.1. The largest absolute Gasteiger partial charge is 0.245 e. The first-order valence-electron chi connectivity index (χ1n) is 4.04. The summed E-state index contributed by atoms with van der Waals surface area (Å²) < 4.78 is 0.989. The molecule has 0 fully saturated rings. The van der Waals surface area contributed by atoms with E-state index in [0.717, 1.165) is 25.6 Å². The fourth-order valence-electron chi connectivity index (χ4n) is 1.18. The number of hydrogen-bond donors (Lipinski definition) is 0. The number of rotatable bonds is 1. The minimum absolute atomic E-state index is 0. The molecule has 0 saturated heterocycles. The van der Waals surface area contributed by atoms with E-state index < -0.39 is 0 Å². The number of nitrogens with zero attached hydrogens (tertiary/aromatic N) is 1. The van der Waals surface area contributed by atoms with Crippen molar-refractivity contribution in [3.63, 3.8) is 0 Å². The van der Waals surface area contributed by atoms with Gasteiger partial charge in [-0.2, -0.15) is 0 Å². The van der Waals surface area contributed by atoms with Gasteiger partial charge in [-0.25, -0.2) is 4.98 Å². The summed E-state index contributed by atoms with van der Waals surface area (Å²) in [5.41, 5.74) is 2.17. The normalized spacial score (nSPS) is 9.80. The maximum atomic E-state index is 6.00. The van der Waals surface area contributed by atoms with E-state index in [-0.39, 0.29) is 20.4 Å². The molecule has 0 aliphatic carbocycles. The van der Waals surface area contributed by atoms with Crippen LogP contribution in [-0.4, -0.2) is 4.98 Å². The molecule has 2 rings (SSSR count). The van der Waals surface area contributed by atoms with Crippen LogP contribution < -0.4 is 0 Å². The molecule has 0 atom stereocenters. The van der Waals surface area contributed by atoms with Gasteiger partial charge >= 0.3 is 0 Å². The molecule has 0 aliphatic rings. The smallest absolute Gasteiger partial charge is 0.124 e. The van der Waals surface area contributed by atoms with Gasteiger partial charge < -0.3 is 0 Å². The fraction of sp³-hybridized carbons (Fsp3) is 0.100. The van der Waals surface area contributed by atoms with Crippen molar-refractivity contribution in [3.8, 4) is 10.6 Å². The average Bonchev–Trinajstić information content (AvgIpc) is 2.64. The Morgan fingerprint density at radius 2 is 2.13 bits per heavy atom. The summed E-state index contributed by atoms with van der Waals surface area (Å²) in [5.74, 6) is 0. The van der Waals surface area contributed by atoms with Gasteiger partial charge in [-0.05, 0) is 24.6 Å². The summed E-state index contributed by atoms with van der Waals surface area (Å²) in [5, 5.41) is 3.75. The Morgan fingerprint density at radius 3 is 2.73 bits per heavy atom. The molecule has 0 unspecified atom stereocenters. The molecule has 0 spiro atoms. The van der Waals surface area contributed by atoms with Crippen LogP contribution in [0.5, 0.6) is 0 Å². The molecule has 0 bridgehead atoms. The zero-order valence-corrected chi connectivity index (χ0v) is 12.5. The van der Waals surface area contributed by atoms with Crippen molar-refractivity contribution in [2.75, 3.05) is 0 Å². The molecule has 5 heteroatoms. The van der Waals surface area contributed by atoms with E-state index in [2.05, 4.69) is 20.9 Å². The first-order valence-corrected chi connectivity index (χ1v) is 6.09.